The van der Waals surface area contributed by atoms with Crippen LogP contribution in [0.25, 0.3) is 6.08 Å². The highest BCUT2D eigenvalue weighted by molar-refractivity contribution is 5.57. The van der Waals surface area contributed by atoms with E-state index >= 15 is 0 Å². The molecule has 2 rings (SSSR count). The smallest absolute Gasteiger partial charge is 0.121 e. The molecule has 1 heterocycles. The fraction of sp³-hybridized carbons (Fsp3) is 0.412. The minimum Gasteiger partial charge on any atom is -0.228 e. The van der Waals surface area contributed by atoms with Crippen molar-refractivity contribution in [3.8, 4) is 0 Å². The number of hydrogen-bond donors (Lipinski definition) is 0. The molecule has 1 fully saturated rings. The van der Waals surface area contributed by atoms with Gasteiger partial charge in [0, 0.05) is 6.42 Å². The first kappa shape index (κ1) is 14.0. The van der Waals surface area contributed by atoms with Crippen LogP contribution < -0.4 is 0 Å². The van der Waals surface area contributed by atoms with E-state index in [4.69, 9.17) is 9.78 Å². The molecule has 2 atom stereocenters. The van der Waals surface area contributed by atoms with Crippen molar-refractivity contribution in [2.75, 3.05) is 0 Å². The summed E-state index contributed by atoms with van der Waals surface area (Å²) in [6.45, 7) is 12.0. The first-order valence-electron chi connectivity index (χ1n) is 6.96. The van der Waals surface area contributed by atoms with E-state index in [1.807, 2.05) is 6.08 Å². The van der Waals surface area contributed by atoms with Gasteiger partial charge in [0.25, 0.3) is 0 Å². The van der Waals surface area contributed by atoms with Crippen LogP contribution >= 0.6 is 0 Å². The van der Waals surface area contributed by atoms with Crippen LogP contribution in [-0.2, 0) is 22.6 Å². The van der Waals surface area contributed by atoms with E-state index in [0.717, 1.165) is 19.3 Å². The molecule has 2 nitrogen and oxygen atoms in total. The molecule has 0 saturated carbocycles. The fourth-order valence-electron chi connectivity index (χ4n) is 2.75. The van der Waals surface area contributed by atoms with Crippen LogP contribution in [-0.4, -0.2) is 6.10 Å². The van der Waals surface area contributed by atoms with Gasteiger partial charge in [0.2, 0.25) is 0 Å². The lowest BCUT2D eigenvalue weighted by molar-refractivity contribution is -0.291. The number of benzene rings is 1. The molecule has 1 aliphatic rings. The fourth-order valence-corrected chi connectivity index (χ4v) is 2.75. The van der Waals surface area contributed by atoms with E-state index in [9.17, 15) is 0 Å². The van der Waals surface area contributed by atoms with Crippen molar-refractivity contribution in [2.24, 2.45) is 0 Å². The molecule has 102 valence electrons. The van der Waals surface area contributed by atoms with Crippen molar-refractivity contribution in [3.05, 3.63) is 53.6 Å². The summed E-state index contributed by atoms with van der Waals surface area (Å²) < 4.78 is 0. The summed E-state index contributed by atoms with van der Waals surface area (Å²) in [5, 5.41) is 0. The van der Waals surface area contributed by atoms with Gasteiger partial charge in [-0.25, -0.2) is 9.78 Å². The second kappa shape index (κ2) is 6.18. The topological polar surface area (TPSA) is 18.5 Å². The molecule has 0 N–H and O–H groups in total. The van der Waals surface area contributed by atoms with Crippen molar-refractivity contribution < 1.29 is 9.78 Å². The van der Waals surface area contributed by atoms with Gasteiger partial charge in [0.05, 0.1) is 0 Å². The summed E-state index contributed by atoms with van der Waals surface area (Å²) in [7, 11) is 0. The van der Waals surface area contributed by atoms with Crippen LogP contribution in [0.2, 0.25) is 0 Å². The standard InChI is InChI=1S/C17H22O2/c1-5-12-9-10-13(6-2)17(15(12)8-4)16-11-14(7-3)18-19-16/h5,7,9-10,14,16H,1,3,6,8,11H2,2,4H3. The molecule has 0 aromatic heterocycles. The maximum atomic E-state index is 5.52. The lowest BCUT2D eigenvalue weighted by atomic mass is 9.88. The summed E-state index contributed by atoms with van der Waals surface area (Å²) in [6.07, 6.45) is 6.53. The molecule has 0 bridgehead atoms. The van der Waals surface area contributed by atoms with Crippen LogP contribution in [0.4, 0.5) is 0 Å². The highest BCUT2D eigenvalue weighted by Gasteiger charge is 2.30. The minimum absolute atomic E-state index is 0.00722. The summed E-state index contributed by atoms with van der Waals surface area (Å²) >= 11 is 0. The molecule has 1 aromatic rings. The third-order valence-electron chi connectivity index (χ3n) is 3.76. The third-order valence-corrected chi connectivity index (χ3v) is 3.76. The maximum absolute atomic E-state index is 5.52. The Balaban J connectivity index is 2.47. The van der Waals surface area contributed by atoms with Gasteiger partial charge in [-0.1, -0.05) is 44.7 Å². The molecule has 0 aliphatic carbocycles. The quantitative estimate of drug-likeness (QED) is 0.575. The van der Waals surface area contributed by atoms with Crippen LogP contribution in [0.3, 0.4) is 0 Å². The predicted octanol–water partition coefficient (Wildman–Crippen LogP) is 4.40. The van der Waals surface area contributed by atoms with Crippen LogP contribution in [0.5, 0.6) is 0 Å². The second-order valence-electron chi connectivity index (χ2n) is 4.81. The number of aryl methyl sites for hydroxylation is 1. The first-order chi connectivity index (χ1) is 9.24. The van der Waals surface area contributed by atoms with Gasteiger partial charge in [0.1, 0.15) is 12.2 Å². The van der Waals surface area contributed by atoms with Gasteiger partial charge in [-0.3, -0.25) is 0 Å². The van der Waals surface area contributed by atoms with Gasteiger partial charge in [0.15, 0.2) is 0 Å². The summed E-state index contributed by atoms with van der Waals surface area (Å²) in [5.41, 5.74) is 5.14. The molecule has 0 spiro atoms. The summed E-state index contributed by atoms with van der Waals surface area (Å²) in [6, 6.07) is 4.32. The second-order valence-corrected chi connectivity index (χ2v) is 4.81. The Kier molecular flexibility index (Phi) is 4.56. The number of rotatable bonds is 5. The minimum atomic E-state index is -0.00759. The zero-order chi connectivity index (χ0) is 13.8. The van der Waals surface area contributed by atoms with Crippen LogP contribution in [0, 0.1) is 0 Å². The van der Waals surface area contributed by atoms with Crippen LogP contribution in [0.15, 0.2) is 31.4 Å². The Morgan fingerprint density at radius 2 is 2.00 bits per heavy atom. The summed E-state index contributed by atoms with van der Waals surface area (Å²) in [5.74, 6) is 0. The van der Waals surface area contributed by atoms with Gasteiger partial charge in [-0.2, -0.15) is 0 Å². The molecule has 0 radical (unpaired) electrons. The molecule has 19 heavy (non-hydrogen) atoms. The van der Waals surface area contributed by atoms with Crippen molar-refractivity contribution in [2.45, 2.75) is 45.3 Å². The van der Waals surface area contributed by atoms with Gasteiger partial charge in [-0.15, -0.1) is 6.58 Å². The largest absolute Gasteiger partial charge is 0.228 e. The maximum Gasteiger partial charge on any atom is 0.121 e. The molecular formula is C17H22O2. The van der Waals surface area contributed by atoms with Gasteiger partial charge < -0.3 is 0 Å². The Morgan fingerprint density at radius 1 is 1.21 bits per heavy atom. The van der Waals surface area contributed by atoms with E-state index in [1.165, 1.54) is 22.3 Å². The Labute approximate surface area is 115 Å². The molecule has 1 aliphatic heterocycles. The monoisotopic (exact) mass is 258 g/mol. The third kappa shape index (κ3) is 2.65. The van der Waals surface area contributed by atoms with E-state index in [0.29, 0.717) is 0 Å². The molecule has 1 aromatic carbocycles. The highest BCUT2D eigenvalue weighted by atomic mass is 17.2. The van der Waals surface area contributed by atoms with E-state index in [1.54, 1.807) is 6.08 Å². The van der Waals surface area contributed by atoms with Gasteiger partial charge in [-0.05, 0) is 35.1 Å². The lowest BCUT2D eigenvalue weighted by Crippen LogP contribution is -2.07. The Hall–Kier alpha value is -1.38. The molecule has 0 amide bonds. The Bertz CT molecular complexity index is 476. The predicted molar refractivity (Wildman–Crippen MR) is 78.8 cm³/mol. The number of hydrogen-bond acceptors (Lipinski definition) is 2. The van der Waals surface area contributed by atoms with E-state index in [-0.39, 0.29) is 12.2 Å². The average Bonchev–Trinajstić information content (AvgIpc) is 2.93. The lowest BCUT2D eigenvalue weighted by Gasteiger charge is -2.19. The Morgan fingerprint density at radius 3 is 2.53 bits per heavy atom. The molecule has 1 saturated heterocycles. The first-order valence-corrected chi connectivity index (χ1v) is 6.96. The SMILES string of the molecule is C=Cc1ccc(CC)c(C2CC(C=C)OO2)c1CC. The van der Waals surface area contributed by atoms with Crippen molar-refractivity contribution in [1.29, 1.82) is 0 Å². The summed E-state index contributed by atoms with van der Waals surface area (Å²) in [4.78, 5) is 10.8. The zero-order valence-electron chi connectivity index (χ0n) is 11.8. The van der Waals surface area contributed by atoms with Gasteiger partial charge >= 0.3 is 0 Å². The molecule has 2 heteroatoms. The zero-order valence-corrected chi connectivity index (χ0v) is 11.8. The van der Waals surface area contributed by atoms with Crippen LogP contribution in [0.1, 0.15) is 48.6 Å². The normalized spacial score (nSPS) is 22.4. The van der Waals surface area contributed by atoms with Crippen molar-refractivity contribution in [1.82, 2.24) is 0 Å². The van der Waals surface area contributed by atoms with E-state index < -0.39 is 0 Å². The van der Waals surface area contributed by atoms with Crippen molar-refractivity contribution in [3.63, 3.8) is 0 Å². The average molecular weight is 258 g/mol. The van der Waals surface area contributed by atoms with E-state index in [2.05, 4.69) is 39.1 Å². The molecular weight excluding hydrogens is 236 g/mol. The van der Waals surface area contributed by atoms with Crippen molar-refractivity contribution >= 4 is 6.08 Å². The molecule has 2 unspecified atom stereocenters. The highest BCUT2D eigenvalue weighted by Crippen LogP contribution is 2.37.